The van der Waals surface area contributed by atoms with Gasteiger partial charge in [0.2, 0.25) is 0 Å². The van der Waals surface area contributed by atoms with Gasteiger partial charge in [-0.05, 0) is 61.9 Å². The van der Waals surface area contributed by atoms with E-state index in [2.05, 4.69) is 22.3 Å². The van der Waals surface area contributed by atoms with E-state index in [0.29, 0.717) is 0 Å². The Morgan fingerprint density at radius 3 is 2.52 bits per heavy atom. The molecule has 4 rings (SSSR count). The van der Waals surface area contributed by atoms with Gasteiger partial charge in [0, 0.05) is 0 Å². The largest absolute Gasteiger partial charge is 0.454 e. The number of hydrogen-bond acceptors (Lipinski definition) is 4. The van der Waals surface area contributed by atoms with E-state index in [1.54, 1.807) is 0 Å². The molecule has 1 fully saturated rings. The standard InChI is InChI=1S/C24H28N2O3/c27-22(25-21-14-8-12-18-9-4-5-13-20(18)21)17-29-24(28)23(26-15-6-7-16-26)19-10-2-1-3-11-19/h1-5,9-11,13,21,23H,6-8,12,14-17H2,(H,25,27). The number of ether oxygens (including phenoxy) is 1. The minimum atomic E-state index is -0.443. The number of esters is 1. The molecule has 2 aliphatic rings. The average Bonchev–Trinajstić information content (AvgIpc) is 3.28. The van der Waals surface area contributed by atoms with Gasteiger partial charge in [-0.2, -0.15) is 0 Å². The minimum absolute atomic E-state index is 0.00495. The predicted octanol–water partition coefficient (Wildman–Crippen LogP) is 3.56. The first kappa shape index (κ1) is 19.6. The molecule has 0 radical (unpaired) electrons. The van der Waals surface area contributed by atoms with Gasteiger partial charge >= 0.3 is 5.97 Å². The quantitative estimate of drug-likeness (QED) is 0.764. The molecule has 5 heteroatoms. The first-order chi connectivity index (χ1) is 14.2. The molecule has 29 heavy (non-hydrogen) atoms. The Labute approximate surface area is 172 Å². The van der Waals surface area contributed by atoms with Gasteiger partial charge in [0.1, 0.15) is 6.04 Å². The maximum Gasteiger partial charge on any atom is 0.328 e. The molecule has 2 atom stereocenters. The van der Waals surface area contributed by atoms with Crippen LogP contribution in [0.5, 0.6) is 0 Å². The SMILES string of the molecule is O=C(COC(=O)C(c1ccccc1)N1CCCC1)NC1CCCc2ccccc21. The Morgan fingerprint density at radius 1 is 1.00 bits per heavy atom. The number of fused-ring (bicyclic) bond motifs is 1. The van der Waals surface area contributed by atoms with Crippen LogP contribution in [-0.2, 0) is 20.7 Å². The Balaban J connectivity index is 1.37. The molecule has 5 nitrogen and oxygen atoms in total. The Morgan fingerprint density at radius 2 is 1.72 bits per heavy atom. The van der Waals surface area contributed by atoms with Gasteiger partial charge in [-0.15, -0.1) is 0 Å². The zero-order chi connectivity index (χ0) is 20.1. The first-order valence-corrected chi connectivity index (χ1v) is 10.5. The normalized spacial score (nSPS) is 19.9. The number of amides is 1. The van der Waals surface area contributed by atoms with Crippen molar-refractivity contribution in [3.05, 3.63) is 71.3 Å². The second kappa shape index (κ2) is 9.23. The number of nitrogens with one attached hydrogen (secondary N) is 1. The third-order valence-electron chi connectivity index (χ3n) is 5.89. The van der Waals surface area contributed by atoms with Gasteiger partial charge < -0.3 is 10.1 Å². The van der Waals surface area contributed by atoms with Crippen LogP contribution in [0.25, 0.3) is 0 Å². The van der Waals surface area contributed by atoms with Crippen LogP contribution in [0, 0.1) is 0 Å². The maximum atomic E-state index is 12.9. The Hall–Kier alpha value is -2.66. The molecule has 0 aromatic heterocycles. The van der Waals surface area contributed by atoms with E-state index in [9.17, 15) is 9.59 Å². The molecular weight excluding hydrogens is 364 g/mol. The second-order valence-corrected chi connectivity index (χ2v) is 7.88. The zero-order valence-electron chi connectivity index (χ0n) is 16.7. The summed E-state index contributed by atoms with van der Waals surface area (Å²) in [7, 11) is 0. The van der Waals surface area contributed by atoms with Gasteiger partial charge in [-0.25, -0.2) is 4.79 Å². The van der Waals surface area contributed by atoms with Gasteiger partial charge in [-0.1, -0.05) is 54.6 Å². The maximum absolute atomic E-state index is 12.9. The number of nitrogens with zero attached hydrogens (tertiary/aromatic N) is 1. The zero-order valence-corrected chi connectivity index (χ0v) is 16.7. The molecule has 2 aromatic rings. The summed E-state index contributed by atoms with van der Waals surface area (Å²) in [5, 5.41) is 3.05. The molecule has 0 spiro atoms. The van der Waals surface area contributed by atoms with Gasteiger partial charge in [0.05, 0.1) is 6.04 Å². The number of rotatable bonds is 6. The highest BCUT2D eigenvalue weighted by Gasteiger charge is 2.31. The number of aryl methyl sites for hydroxylation is 1. The lowest BCUT2D eigenvalue weighted by Crippen LogP contribution is -2.37. The van der Waals surface area contributed by atoms with Crippen molar-refractivity contribution < 1.29 is 14.3 Å². The summed E-state index contributed by atoms with van der Waals surface area (Å²) < 4.78 is 5.47. The van der Waals surface area contributed by atoms with E-state index < -0.39 is 6.04 Å². The van der Waals surface area contributed by atoms with E-state index >= 15 is 0 Å². The molecule has 1 aliphatic heterocycles. The summed E-state index contributed by atoms with van der Waals surface area (Å²) in [5.41, 5.74) is 3.39. The molecule has 1 saturated heterocycles. The molecule has 1 aliphatic carbocycles. The van der Waals surface area contributed by atoms with Crippen molar-refractivity contribution in [2.24, 2.45) is 0 Å². The fourth-order valence-corrected chi connectivity index (χ4v) is 4.49. The molecule has 0 saturated carbocycles. The molecular formula is C24H28N2O3. The summed E-state index contributed by atoms with van der Waals surface area (Å²) >= 11 is 0. The summed E-state index contributed by atoms with van der Waals surface area (Å²) in [6.07, 6.45) is 5.17. The molecule has 2 unspecified atom stereocenters. The fraction of sp³-hybridized carbons (Fsp3) is 0.417. The van der Waals surface area contributed by atoms with Crippen LogP contribution in [0.1, 0.15) is 54.5 Å². The molecule has 1 N–H and O–H groups in total. The lowest BCUT2D eigenvalue weighted by Gasteiger charge is -2.27. The molecule has 152 valence electrons. The fourth-order valence-electron chi connectivity index (χ4n) is 4.49. The third-order valence-corrected chi connectivity index (χ3v) is 5.89. The van der Waals surface area contributed by atoms with Crippen LogP contribution < -0.4 is 5.32 Å². The lowest BCUT2D eigenvalue weighted by molar-refractivity contribution is -0.154. The van der Waals surface area contributed by atoms with Crippen molar-refractivity contribution in [2.75, 3.05) is 19.7 Å². The summed E-state index contributed by atoms with van der Waals surface area (Å²) in [6.45, 7) is 1.51. The number of hydrogen-bond donors (Lipinski definition) is 1. The van der Waals surface area contributed by atoms with E-state index in [4.69, 9.17) is 4.74 Å². The average molecular weight is 392 g/mol. The van der Waals surface area contributed by atoms with Crippen LogP contribution in [0.2, 0.25) is 0 Å². The Kier molecular flexibility index (Phi) is 6.25. The van der Waals surface area contributed by atoms with Crippen molar-refractivity contribution in [1.29, 1.82) is 0 Å². The van der Waals surface area contributed by atoms with Gasteiger partial charge in [0.15, 0.2) is 6.61 Å². The van der Waals surface area contributed by atoms with E-state index in [0.717, 1.165) is 50.8 Å². The molecule has 1 heterocycles. The van der Waals surface area contributed by atoms with E-state index in [1.807, 2.05) is 42.5 Å². The van der Waals surface area contributed by atoms with Crippen molar-refractivity contribution >= 4 is 11.9 Å². The van der Waals surface area contributed by atoms with Crippen LogP contribution in [0.15, 0.2) is 54.6 Å². The van der Waals surface area contributed by atoms with Gasteiger partial charge in [-0.3, -0.25) is 9.69 Å². The highest BCUT2D eigenvalue weighted by atomic mass is 16.5. The third kappa shape index (κ3) is 4.67. The van der Waals surface area contributed by atoms with Crippen molar-refractivity contribution in [1.82, 2.24) is 10.2 Å². The van der Waals surface area contributed by atoms with Crippen molar-refractivity contribution in [3.8, 4) is 0 Å². The highest BCUT2D eigenvalue weighted by molar-refractivity contribution is 5.83. The minimum Gasteiger partial charge on any atom is -0.454 e. The number of benzene rings is 2. The van der Waals surface area contributed by atoms with E-state index in [1.165, 1.54) is 11.1 Å². The Bertz CT molecular complexity index is 846. The number of carbonyl (C=O) groups is 2. The topological polar surface area (TPSA) is 58.6 Å². The van der Waals surface area contributed by atoms with Crippen molar-refractivity contribution in [2.45, 2.75) is 44.2 Å². The molecule has 2 aromatic carbocycles. The van der Waals surface area contributed by atoms with Crippen LogP contribution in [-0.4, -0.2) is 36.5 Å². The van der Waals surface area contributed by atoms with E-state index in [-0.39, 0.29) is 24.5 Å². The number of likely N-dealkylation sites (tertiary alicyclic amines) is 1. The smallest absolute Gasteiger partial charge is 0.328 e. The predicted molar refractivity (Wildman–Crippen MR) is 111 cm³/mol. The van der Waals surface area contributed by atoms with Crippen LogP contribution >= 0.6 is 0 Å². The summed E-state index contributed by atoms with van der Waals surface area (Å²) in [5.74, 6) is -0.592. The number of carbonyl (C=O) groups excluding carboxylic acids is 2. The lowest BCUT2D eigenvalue weighted by atomic mass is 9.88. The summed E-state index contributed by atoms with van der Waals surface area (Å²) in [6, 6.07) is 17.5. The second-order valence-electron chi connectivity index (χ2n) is 7.88. The first-order valence-electron chi connectivity index (χ1n) is 10.5. The monoisotopic (exact) mass is 392 g/mol. The molecule has 1 amide bonds. The molecule has 0 bridgehead atoms. The highest BCUT2D eigenvalue weighted by Crippen LogP contribution is 2.29. The van der Waals surface area contributed by atoms with Gasteiger partial charge in [0.25, 0.3) is 5.91 Å². The van der Waals surface area contributed by atoms with Crippen molar-refractivity contribution in [3.63, 3.8) is 0 Å². The van der Waals surface area contributed by atoms with Crippen LogP contribution in [0.3, 0.4) is 0 Å². The van der Waals surface area contributed by atoms with Crippen LogP contribution in [0.4, 0.5) is 0 Å². The summed E-state index contributed by atoms with van der Waals surface area (Å²) in [4.78, 5) is 27.5.